The summed E-state index contributed by atoms with van der Waals surface area (Å²) in [4.78, 5) is 16.6. The topological polar surface area (TPSA) is 47.9 Å². The molecule has 0 aromatic heterocycles. The van der Waals surface area contributed by atoms with E-state index >= 15 is 0 Å². The van der Waals surface area contributed by atoms with E-state index in [4.69, 9.17) is 9.47 Å². The first-order valence-corrected chi connectivity index (χ1v) is 10.4. The molecular weight excluding hydrogens is 314 g/mol. The monoisotopic (exact) mass is 349 g/mol. The zero-order chi connectivity index (χ0) is 17.6. The first-order valence-electron chi connectivity index (χ1n) is 10.4. The van der Waals surface area contributed by atoms with Crippen LogP contribution < -0.4 is 0 Å². The summed E-state index contributed by atoms with van der Waals surface area (Å²) in [5.74, 6) is 1.87. The molecule has 3 aliphatic carbocycles. The van der Waals surface area contributed by atoms with Gasteiger partial charge in [-0.3, -0.25) is 9.79 Å². The summed E-state index contributed by atoms with van der Waals surface area (Å²) in [6.45, 7) is 3.63. The Morgan fingerprint density at radius 2 is 1.32 bits per heavy atom. The lowest BCUT2D eigenvalue weighted by atomic mass is 9.70. The van der Waals surface area contributed by atoms with Crippen molar-refractivity contribution >= 4 is 12.7 Å². The van der Waals surface area contributed by atoms with Gasteiger partial charge in [0.25, 0.3) is 0 Å². The number of carbonyl (C=O) groups excluding carboxylic acids is 1. The number of ether oxygens (including phenoxy) is 2. The van der Waals surface area contributed by atoms with Crippen LogP contribution in [0.3, 0.4) is 0 Å². The Hall–Kier alpha value is -0.900. The molecule has 0 bridgehead atoms. The summed E-state index contributed by atoms with van der Waals surface area (Å²) in [7, 11) is 1.84. The molecule has 0 amide bonds. The molecule has 3 rings (SSSR count). The lowest BCUT2D eigenvalue weighted by molar-refractivity contribution is -0.157. The van der Waals surface area contributed by atoms with Crippen LogP contribution in [0, 0.1) is 17.8 Å². The van der Waals surface area contributed by atoms with Crippen molar-refractivity contribution < 1.29 is 14.3 Å². The molecule has 4 heteroatoms. The van der Waals surface area contributed by atoms with Gasteiger partial charge in [-0.15, -0.1) is 0 Å². The maximum Gasteiger partial charge on any atom is 0.309 e. The minimum Gasteiger partial charge on any atom is -0.462 e. The Kier molecular flexibility index (Phi) is 6.92. The smallest absolute Gasteiger partial charge is 0.309 e. The second-order valence-electron chi connectivity index (χ2n) is 8.43. The molecule has 0 aliphatic heterocycles. The second kappa shape index (κ2) is 9.16. The van der Waals surface area contributed by atoms with Crippen LogP contribution in [0.5, 0.6) is 0 Å². The van der Waals surface area contributed by atoms with Gasteiger partial charge in [-0.05, 0) is 95.6 Å². The zero-order valence-electron chi connectivity index (χ0n) is 15.8. The molecule has 142 valence electrons. The maximum absolute atomic E-state index is 12.5. The molecule has 0 N–H and O–H groups in total. The average Bonchev–Trinajstić information content (AvgIpc) is 2.69. The fraction of sp³-hybridized carbons (Fsp3) is 0.905. The number of hydrogen-bond acceptors (Lipinski definition) is 4. The summed E-state index contributed by atoms with van der Waals surface area (Å²) in [5.41, 5.74) is 0. The highest BCUT2D eigenvalue weighted by Crippen LogP contribution is 2.41. The van der Waals surface area contributed by atoms with Gasteiger partial charge in [-0.1, -0.05) is 0 Å². The third-order valence-electron chi connectivity index (χ3n) is 7.01. The Balaban J connectivity index is 1.37. The second-order valence-corrected chi connectivity index (χ2v) is 8.43. The number of hydrogen-bond donors (Lipinski definition) is 0. The third-order valence-corrected chi connectivity index (χ3v) is 7.01. The standard InChI is InChI=1S/C21H35NO3/c1-22-18-9-13-20(14-10-18)25-21(23)17-5-3-15(4-6-17)16-7-11-19(24-2)12-8-16/h15-20H,1,3-14H2,2H3. The highest BCUT2D eigenvalue weighted by molar-refractivity contribution is 5.72. The van der Waals surface area contributed by atoms with Gasteiger partial charge in [0.1, 0.15) is 6.10 Å². The van der Waals surface area contributed by atoms with E-state index in [1.165, 1.54) is 38.5 Å². The lowest BCUT2D eigenvalue weighted by Crippen LogP contribution is -2.33. The molecule has 3 fully saturated rings. The first-order chi connectivity index (χ1) is 12.2. The summed E-state index contributed by atoms with van der Waals surface area (Å²) < 4.78 is 11.3. The van der Waals surface area contributed by atoms with Gasteiger partial charge in [0.2, 0.25) is 0 Å². The van der Waals surface area contributed by atoms with Crippen molar-refractivity contribution in [2.45, 2.75) is 95.3 Å². The first kappa shape index (κ1) is 18.9. The van der Waals surface area contributed by atoms with Crippen LogP contribution in [0.15, 0.2) is 4.99 Å². The quantitative estimate of drug-likeness (QED) is 0.540. The van der Waals surface area contributed by atoms with E-state index in [0.29, 0.717) is 12.1 Å². The van der Waals surface area contributed by atoms with E-state index in [9.17, 15) is 4.79 Å². The average molecular weight is 350 g/mol. The van der Waals surface area contributed by atoms with Gasteiger partial charge < -0.3 is 9.47 Å². The van der Waals surface area contributed by atoms with Crippen molar-refractivity contribution in [3.8, 4) is 0 Å². The molecule has 3 aliphatic rings. The van der Waals surface area contributed by atoms with Crippen molar-refractivity contribution in [1.29, 1.82) is 0 Å². The predicted octanol–water partition coefficient (Wildman–Crippen LogP) is 4.55. The van der Waals surface area contributed by atoms with Crippen molar-refractivity contribution in [2.75, 3.05) is 7.11 Å². The van der Waals surface area contributed by atoms with Crippen molar-refractivity contribution in [1.82, 2.24) is 0 Å². The van der Waals surface area contributed by atoms with Crippen LogP contribution >= 0.6 is 0 Å². The van der Waals surface area contributed by atoms with E-state index in [-0.39, 0.29) is 18.0 Å². The van der Waals surface area contributed by atoms with Crippen LogP contribution in [0.25, 0.3) is 0 Å². The zero-order valence-corrected chi connectivity index (χ0v) is 15.8. The van der Waals surface area contributed by atoms with Gasteiger partial charge in [0, 0.05) is 13.2 Å². The Labute approximate surface area is 152 Å². The van der Waals surface area contributed by atoms with Gasteiger partial charge in [0.15, 0.2) is 0 Å². The SMILES string of the molecule is C=NC1CCC(OC(=O)C2CCC(C3CCC(OC)CC3)CC2)CC1. The highest BCUT2D eigenvalue weighted by atomic mass is 16.5. The largest absolute Gasteiger partial charge is 0.462 e. The molecule has 0 saturated heterocycles. The Bertz CT molecular complexity index is 428. The molecule has 0 heterocycles. The minimum absolute atomic E-state index is 0.0663. The van der Waals surface area contributed by atoms with Crippen LogP contribution in [-0.2, 0) is 14.3 Å². The molecule has 4 nitrogen and oxygen atoms in total. The molecule has 25 heavy (non-hydrogen) atoms. The van der Waals surface area contributed by atoms with Gasteiger partial charge in [-0.2, -0.15) is 0 Å². The maximum atomic E-state index is 12.5. The molecule has 0 unspecified atom stereocenters. The lowest BCUT2D eigenvalue weighted by Gasteiger charge is -2.37. The number of nitrogens with zero attached hydrogens (tertiary/aromatic N) is 1. The van der Waals surface area contributed by atoms with Crippen LogP contribution in [0.4, 0.5) is 0 Å². The Morgan fingerprint density at radius 3 is 1.84 bits per heavy atom. The molecule has 0 radical (unpaired) electrons. The number of carbonyl (C=O) groups is 1. The number of esters is 1. The molecule has 0 aromatic carbocycles. The van der Waals surface area contributed by atoms with Crippen molar-refractivity contribution in [2.24, 2.45) is 22.7 Å². The van der Waals surface area contributed by atoms with Crippen molar-refractivity contribution in [3.05, 3.63) is 0 Å². The van der Waals surface area contributed by atoms with E-state index in [1.807, 2.05) is 7.11 Å². The van der Waals surface area contributed by atoms with E-state index < -0.39 is 0 Å². The fourth-order valence-electron chi connectivity index (χ4n) is 5.23. The summed E-state index contributed by atoms with van der Waals surface area (Å²) in [6.07, 6.45) is 14.0. The third kappa shape index (κ3) is 5.06. The van der Waals surface area contributed by atoms with Gasteiger partial charge in [0.05, 0.1) is 12.0 Å². The molecule has 0 spiro atoms. The summed E-state index contributed by atoms with van der Waals surface area (Å²) in [5, 5.41) is 0. The van der Waals surface area contributed by atoms with Gasteiger partial charge in [-0.25, -0.2) is 0 Å². The van der Waals surface area contributed by atoms with Crippen LogP contribution in [0.2, 0.25) is 0 Å². The number of rotatable bonds is 5. The minimum atomic E-state index is 0.0663. The number of methoxy groups -OCH3 is 1. The highest BCUT2D eigenvalue weighted by Gasteiger charge is 2.34. The van der Waals surface area contributed by atoms with Gasteiger partial charge >= 0.3 is 5.97 Å². The van der Waals surface area contributed by atoms with Crippen LogP contribution in [-0.4, -0.2) is 38.0 Å². The Morgan fingerprint density at radius 1 is 0.800 bits per heavy atom. The van der Waals surface area contributed by atoms with E-state index in [0.717, 1.165) is 50.4 Å². The predicted molar refractivity (Wildman–Crippen MR) is 99.9 cm³/mol. The molecule has 0 aromatic rings. The normalized spacial score (nSPS) is 39.6. The molecule has 3 saturated carbocycles. The summed E-state index contributed by atoms with van der Waals surface area (Å²) >= 11 is 0. The van der Waals surface area contributed by atoms with E-state index in [2.05, 4.69) is 11.7 Å². The number of aliphatic imine (C=N–C) groups is 1. The van der Waals surface area contributed by atoms with E-state index in [1.54, 1.807) is 0 Å². The molecule has 0 atom stereocenters. The van der Waals surface area contributed by atoms with Crippen LogP contribution in [0.1, 0.15) is 77.0 Å². The summed E-state index contributed by atoms with van der Waals surface area (Å²) in [6, 6.07) is 0.374. The fourth-order valence-corrected chi connectivity index (χ4v) is 5.23. The van der Waals surface area contributed by atoms with Crippen molar-refractivity contribution in [3.63, 3.8) is 0 Å². The molecular formula is C21H35NO3.